The highest BCUT2D eigenvalue weighted by Crippen LogP contribution is 2.32. The molecule has 114 valence electrons. The normalized spacial score (nSPS) is 18.2. The van der Waals surface area contributed by atoms with Gasteiger partial charge in [-0.15, -0.1) is 0 Å². The maximum absolute atomic E-state index is 11.1. The molecule has 0 amide bonds. The van der Waals surface area contributed by atoms with Crippen LogP contribution in [0.5, 0.6) is 0 Å². The van der Waals surface area contributed by atoms with Crippen molar-refractivity contribution in [3.63, 3.8) is 0 Å². The summed E-state index contributed by atoms with van der Waals surface area (Å²) in [5, 5.41) is 14.3. The van der Waals surface area contributed by atoms with E-state index >= 15 is 0 Å². The van der Waals surface area contributed by atoms with E-state index < -0.39 is 4.92 Å². The van der Waals surface area contributed by atoms with Gasteiger partial charge in [0.25, 0.3) is 5.69 Å². The van der Waals surface area contributed by atoms with Crippen LogP contribution in [0.25, 0.3) is 0 Å². The third kappa shape index (κ3) is 3.78. The molecule has 1 heterocycles. The van der Waals surface area contributed by atoms with E-state index in [4.69, 9.17) is 0 Å². The van der Waals surface area contributed by atoms with Crippen molar-refractivity contribution in [3.05, 3.63) is 33.9 Å². The standard InChI is InChI=1S/C15H21N3O3/c1-15(5-7-17(2)8-6-15)11-16-13-4-3-12(10-19)9-14(13)18(20)21/h3-4,9-10,16H,5-8,11H2,1-2H3. The van der Waals surface area contributed by atoms with Crippen molar-refractivity contribution in [2.24, 2.45) is 5.41 Å². The molecular formula is C15H21N3O3. The summed E-state index contributed by atoms with van der Waals surface area (Å²) >= 11 is 0. The minimum Gasteiger partial charge on any atom is -0.379 e. The van der Waals surface area contributed by atoms with E-state index in [9.17, 15) is 14.9 Å². The second-order valence-electron chi connectivity index (χ2n) is 6.12. The molecule has 21 heavy (non-hydrogen) atoms. The molecule has 0 aliphatic carbocycles. The summed E-state index contributed by atoms with van der Waals surface area (Å²) in [5.74, 6) is 0. The van der Waals surface area contributed by atoms with Crippen molar-refractivity contribution in [3.8, 4) is 0 Å². The second kappa shape index (κ2) is 6.22. The molecule has 1 saturated heterocycles. The van der Waals surface area contributed by atoms with E-state index in [1.165, 1.54) is 6.07 Å². The predicted molar refractivity (Wildman–Crippen MR) is 81.8 cm³/mol. The summed E-state index contributed by atoms with van der Waals surface area (Å²) < 4.78 is 0. The van der Waals surface area contributed by atoms with Crippen LogP contribution in [0.4, 0.5) is 11.4 Å². The van der Waals surface area contributed by atoms with Crippen molar-refractivity contribution in [2.75, 3.05) is 32.0 Å². The van der Waals surface area contributed by atoms with Crippen LogP contribution in [0.15, 0.2) is 18.2 Å². The molecule has 0 unspecified atom stereocenters. The van der Waals surface area contributed by atoms with Gasteiger partial charge < -0.3 is 10.2 Å². The molecule has 1 aliphatic rings. The quantitative estimate of drug-likeness (QED) is 0.512. The molecular weight excluding hydrogens is 270 g/mol. The minimum absolute atomic E-state index is 0.0453. The maximum atomic E-state index is 11.1. The van der Waals surface area contributed by atoms with Gasteiger partial charge in [0.15, 0.2) is 0 Å². The number of nitro groups is 1. The van der Waals surface area contributed by atoms with Gasteiger partial charge in [0.05, 0.1) is 4.92 Å². The van der Waals surface area contributed by atoms with Crippen LogP contribution in [0.2, 0.25) is 0 Å². The summed E-state index contributed by atoms with van der Waals surface area (Å²) in [4.78, 5) is 23.7. The number of nitrogens with zero attached hydrogens (tertiary/aromatic N) is 2. The molecule has 0 atom stereocenters. The Morgan fingerprint density at radius 1 is 1.43 bits per heavy atom. The van der Waals surface area contributed by atoms with E-state index in [1.54, 1.807) is 12.1 Å². The fourth-order valence-corrected chi connectivity index (χ4v) is 2.57. The van der Waals surface area contributed by atoms with Gasteiger partial charge in [0.1, 0.15) is 12.0 Å². The van der Waals surface area contributed by atoms with E-state index in [0.29, 0.717) is 24.1 Å². The van der Waals surface area contributed by atoms with Gasteiger partial charge in [-0.25, -0.2) is 0 Å². The average Bonchev–Trinajstić information content (AvgIpc) is 2.48. The number of nitro benzene ring substituents is 1. The lowest BCUT2D eigenvalue weighted by Gasteiger charge is -2.38. The Labute approximate surface area is 124 Å². The monoisotopic (exact) mass is 291 g/mol. The van der Waals surface area contributed by atoms with E-state index in [2.05, 4.69) is 24.2 Å². The molecule has 0 aromatic heterocycles. The van der Waals surface area contributed by atoms with Crippen molar-refractivity contribution in [2.45, 2.75) is 19.8 Å². The lowest BCUT2D eigenvalue weighted by atomic mass is 9.80. The van der Waals surface area contributed by atoms with Crippen LogP contribution < -0.4 is 5.32 Å². The third-order valence-electron chi connectivity index (χ3n) is 4.25. The van der Waals surface area contributed by atoms with Crippen molar-refractivity contribution in [1.82, 2.24) is 4.90 Å². The van der Waals surface area contributed by atoms with Crippen LogP contribution in [-0.4, -0.2) is 42.8 Å². The average molecular weight is 291 g/mol. The molecule has 1 aromatic rings. The van der Waals surface area contributed by atoms with Gasteiger partial charge in [-0.3, -0.25) is 14.9 Å². The van der Waals surface area contributed by atoms with Crippen molar-refractivity contribution in [1.29, 1.82) is 0 Å². The largest absolute Gasteiger partial charge is 0.379 e. The topological polar surface area (TPSA) is 75.5 Å². The molecule has 1 aromatic carbocycles. The molecule has 0 saturated carbocycles. The fraction of sp³-hybridized carbons (Fsp3) is 0.533. The highest BCUT2D eigenvalue weighted by molar-refractivity contribution is 5.79. The van der Waals surface area contributed by atoms with E-state index in [0.717, 1.165) is 25.9 Å². The molecule has 1 fully saturated rings. The molecule has 2 rings (SSSR count). The molecule has 1 N–H and O–H groups in total. The lowest BCUT2D eigenvalue weighted by Crippen LogP contribution is -2.40. The molecule has 0 bridgehead atoms. The first-order chi connectivity index (χ1) is 9.93. The Hall–Kier alpha value is -1.95. The summed E-state index contributed by atoms with van der Waals surface area (Å²) in [6.45, 7) is 5.00. The number of benzene rings is 1. The SMILES string of the molecule is CN1CCC(C)(CNc2ccc(C=O)cc2[N+](=O)[O-])CC1. The summed E-state index contributed by atoms with van der Waals surface area (Å²) in [6.07, 6.45) is 2.75. The Balaban J connectivity index is 2.09. The van der Waals surface area contributed by atoms with E-state index in [-0.39, 0.29) is 11.1 Å². The maximum Gasteiger partial charge on any atom is 0.293 e. The Morgan fingerprint density at radius 3 is 2.67 bits per heavy atom. The number of hydrogen-bond acceptors (Lipinski definition) is 5. The lowest BCUT2D eigenvalue weighted by molar-refractivity contribution is -0.384. The first-order valence-electron chi connectivity index (χ1n) is 7.10. The molecule has 0 spiro atoms. The number of likely N-dealkylation sites (tertiary alicyclic amines) is 1. The predicted octanol–water partition coefficient (Wildman–Crippen LogP) is 2.55. The van der Waals surface area contributed by atoms with Gasteiger partial charge in [0.2, 0.25) is 0 Å². The van der Waals surface area contributed by atoms with Crippen LogP contribution in [0.3, 0.4) is 0 Å². The Morgan fingerprint density at radius 2 is 2.10 bits per heavy atom. The van der Waals surface area contributed by atoms with Gasteiger partial charge in [-0.05, 0) is 50.5 Å². The number of aldehydes is 1. The van der Waals surface area contributed by atoms with Crippen LogP contribution >= 0.6 is 0 Å². The third-order valence-corrected chi connectivity index (χ3v) is 4.25. The molecule has 6 nitrogen and oxygen atoms in total. The van der Waals surface area contributed by atoms with Gasteiger partial charge >= 0.3 is 0 Å². The molecule has 1 aliphatic heterocycles. The van der Waals surface area contributed by atoms with Crippen molar-refractivity contribution >= 4 is 17.7 Å². The highest BCUT2D eigenvalue weighted by atomic mass is 16.6. The first-order valence-corrected chi connectivity index (χ1v) is 7.10. The zero-order valence-electron chi connectivity index (χ0n) is 12.5. The smallest absolute Gasteiger partial charge is 0.293 e. The van der Waals surface area contributed by atoms with Crippen molar-refractivity contribution < 1.29 is 9.72 Å². The number of rotatable bonds is 5. The number of carbonyl (C=O) groups is 1. The zero-order chi connectivity index (χ0) is 15.5. The first kappa shape index (κ1) is 15.4. The van der Waals surface area contributed by atoms with Gasteiger partial charge in [-0.1, -0.05) is 6.92 Å². The number of hydrogen-bond donors (Lipinski definition) is 1. The van der Waals surface area contributed by atoms with E-state index in [1.807, 2.05) is 0 Å². The summed E-state index contributed by atoms with van der Waals surface area (Å²) in [5.41, 5.74) is 0.892. The minimum atomic E-state index is -0.452. The number of anilines is 1. The van der Waals surface area contributed by atoms with Gasteiger partial charge in [-0.2, -0.15) is 0 Å². The fourth-order valence-electron chi connectivity index (χ4n) is 2.57. The highest BCUT2D eigenvalue weighted by Gasteiger charge is 2.29. The number of nitrogens with one attached hydrogen (secondary N) is 1. The summed E-state index contributed by atoms with van der Waals surface area (Å²) in [6, 6.07) is 4.52. The molecule has 6 heteroatoms. The van der Waals surface area contributed by atoms with Gasteiger partial charge in [0, 0.05) is 18.2 Å². The number of carbonyl (C=O) groups excluding carboxylic acids is 1. The van der Waals surface area contributed by atoms with Crippen LogP contribution in [-0.2, 0) is 0 Å². The summed E-state index contributed by atoms with van der Waals surface area (Å²) in [7, 11) is 2.11. The van der Waals surface area contributed by atoms with Crippen LogP contribution in [0, 0.1) is 15.5 Å². The number of piperidine rings is 1. The molecule has 0 radical (unpaired) electrons. The Kier molecular flexibility index (Phi) is 4.57. The zero-order valence-corrected chi connectivity index (χ0v) is 12.5. The van der Waals surface area contributed by atoms with Crippen LogP contribution in [0.1, 0.15) is 30.1 Å². The Bertz CT molecular complexity index is 537. The second-order valence-corrected chi connectivity index (χ2v) is 6.12.